The summed E-state index contributed by atoms with van der Waals surface area (Å²) in [5.41, 5.74) is 10.2. The summed E-state index contributed by atoms with van der Waals surface area (Å²) in [5.74, 6) is -9.88. The number of benzene rings is 8. The van der Waals surface area contributed by atoms with Gasteiger partial charge in [-0.3, -0.25) is 0 Å². The average Bonchev–Trinajstić information content (AvgIpc) is 3.46. The third kappa shape index (κ3) is 5.35. The number of hydrogen-bond donors (Lipinski definition) is 0. The molecule has 0 radical (unpaired) electrons. The molecule has 0 unspecified atom stereocenters. The maximum atomic E-state index is 15.1. The van der Waals surface area contributed by atoms with E-state index in [1.54, 1.807) is 30.3 Å². The van der Waals surface area contributed by atoms with Crippen LogP contribution in [0.5, 0.6) is 0 Å². The molecule has 1 aliphatic carbocycles. The Balaban J connectivity index is 1.22. The van der Waals surface area contributed by atoms with Crippen LogP contribution in [-0.4, -0.2) is 0 Å². The van der Waals surface area contributed by atoms with Crippen molar-refractivity contribution in [2.45, 2.75) is 19.3 Å². The Kier molecular flexibility index (Phi) is 8.16. The third-order valence-electron chi connectivity index (χ3n) is 10.9. The van der Waals surface area contributed by atoms with Crippen LogP contribution in [0.4, 0.5) is 39.0 Å². The number of halogens is 5. The van der Waals surface area contributed by atoms with Gasteiger partial charge in [0.2, 0.25) is 5.82 Å². The lowest BCUT2D eigenvalue weighted by molar-refractivity contribution is 0.381. The van der Waals surface area contributed by atoms with Crippen molar-refractivity contribution in [1.29, 1.82) is 0 Å². The van der Waals surface area contributed by atoms with Gasteiger partial charge in [0.15, 0.2) is 23.3 Å². The first-order chi connectivity index (χ1) is 26.7. The van der Waals surface area contributed by atoms with E-state index in [-0.39, 0.29) is 11.0 Å². The zero-order valence-electron chi connectivity index (χ0n) is 29.8. The maximum absolute atomic E-state index is 15.1. The number of anilines is 3. The first-order valence-corrected chi connectivity index (χ1v) is 18.0. The quantitative estimate of drug-likeness (QED) is 0.0936. The molecule has 1 aliphatic rings. The van der Waals surface area contributed by atoms with Gasteiger partial charge in [0.25, 0.3) is 0 Å². The smallest absolute Gasteiger partial charge is 0.200 e. The molecule has 0 aliphatic heterocycles. The Labute approximate surface area is 315 Å². The van der Waals surface area contributed by atoms with Gasteiger partial charge in [-0.05, 0) is 79.5 Å². The van der Waals surface area contributed by atoms with Gasteiger partial charge in [-0.25, -0.2) is 22.0 Å². The molecule has 0 atom stereocenters. The minimum absolute atomic E-state index is 0.0889. The van der Waals surface area contributed by atoms with E-state index in [4.69, 9.17) is 0 Å². The van der Waals surface area contributed by atoms with E-state index in [0.29, 0.717) is 10.8 Å². The number of para-hydroxylation sites is 1. The fraction of sp³-hybridized carbons (Fsp3) is 0.0612. The second-order valence-electron chi connectivity index (χ2n) is 14.3. The van der Waals surface area contributed by atoms with E-state index in [1.807, 2.05) is 42.5 Å². The Hall–Kier alpha value is -6.53. The predicted molar refractivity (Wildman–Crippen MR) is 212 cm³/mol. The van der Waals surface area contributed by atoms with Crippen LogP contribution in [0.25, 0.3) is 55.3 Å². The van der Waals surface area contributed by atoms with E-state index in [2.05, 4.69) is 97.6 Å². The van der Waals surface area contributed by atoms with Crippen LogP contribution in [0, 0.1) is 29.1 Å². The maximum Gasteiger partial charge on any atom is 0.200 e. The van der Waals surface area contributed by atoms with Gasteiger partial charge in [-0.2, -0.15) is 0 Å². The Morgan fingerprint density at radius 3 is 1.60 bits per heavy atom. The average molecular weight is 730 g/mol. The second-order valence-corrected chi connectivity index (χ2v) is 14.3. The molecule has 268 valence electrons. The van der Waals surface area contributed by atoms with Gasteiger partial charge < -0.3 is 4.90 Å². The van der Waals surface area contributed by atoms with Gasteiger partial charge in [-0.1, -0.05) is 147 Å². The minimum atomic E-state index is -2.19. The molecule has 6 heteroatoms. The standard InChI is InChI=1S/C49H32F5N/c1-49(2)39-20-10-8-18-36(39)38-19-12-22-41(43(38)49)55(40-21-11-9-15-33(40)29-13-4-3-5-14-29)31-25-23-30(24-26-31)32-27-28-37(35-17-7-6-16-34(32)35)42-44(50)46(52)48(54)47(53)45(42)51/h3-28H,1-2H3. The number of fused-ring (bicyclic) bond motifs is 4. The summed E-state index contributed by atoms with van der Waals surface area (Å²) in [7, 11) is 0. The van der Waals surface area contributed by atoms with Gasteiger partial charge in [0.05, 0.1) is 16.9 Å². The van der Waals surface area contributed by atoms with Crippen LogP contribution in [0.15, 0.2) is 158 Å². The Morgan fingerprint density at radius 1 is 0.382 bits per heavy atom. The molecule has 9 rings (SSSR count). The summed E-state index contributed by atoms with van der Waals surface area (Å²) in [6.07, 6.45) is 0. The van der Waals surface area contributed by atoms with Crippen molar-refractivity contribution in [1.82, 2.24) is 0 Å². The molecule has 0 heterocycles. The molecule has 0 fully saturated rings. The fourth-order valence-electron chi connectivity index (χ4n) is 8.34. The van der Waals surface area contributed by atoms with Crippen molar-refractivity contribution in [2.24, 2.45) is 0 Å². The molecule has 0 spiro atoms. The van der Waals surface area contributed by atoms with Crippen LogP contribution in [0.2, 0.25) is 0 Å². The molecular weight excluding hydrogens is 698 g/mol. The van der Waals surface area contributed by atoms with E-state index in [9.17, 15) is 13.2 Å². The molecular formula is C49H32F5N. The van der Waals surface area contributed by atoms with E-state index < -0.39 is 34.6 Å². The van der Waals surface area contributed by atoms with Crippen molar-refractivity contribution in [2.75, 3.05) is 4.90 Å². The molecule has 8 aromatic rings. The van der Waals surface area contributed by atoms with Crippen LogP contribution < -0.4 is 4.90 Å². The van der Waals surface area contributed by atoms with Gasteiger partial charge in [0, 0.05) is 16.7 Å². The fourth-order valence-corrected chi connectivity index (χ4v) is 8.34. The highest BCUT2D eigenvalue weighted by molar-refractivity contribution is 6.05. The van der Waals surface area contributed by atoms with Crippen molar-refractivity contribution in [3.8, 4) is 44.5 Å². The first kappa shape index (κ1) is 34.3. The normalized spacial score (nSPS) is 12.8. The minimum Gasteiger partial charge on any atom is -0.310 e. The number of nitrogens with zero attached hydrogens (tertiary/aromatic N) is 1. The Morgan fingerprint density at radius 2 is 0.891 bits per heavy atom. The van der Waals surface area contributed by atoms with Gasteiger partial charge >= 0.3 is 0 Å². The van der Waals surface area contributed by atoms with Crippen LogP contribution >= 0.6 is 0 Å². The lowest BCUT2D eigenvalue weighted by Gasteiger charge is -2.33. The highest BCUT2D eigenvalue weighted by atomic mass is 19.2. The molecule has 0 aromatic heterocycles. The number of hydrogen-bond acceptors (Lipinski definition) is 1. The summed E-state index contributed by atoms with van der Waals surface area (Å²) >= 11 is 0. The summed E-state index contributed by atoms with van der Waals surface area (Å²) in [5, 5.41) is 0.954. The van der Waals surface area contributed by atoms with E-state index >= 15 is 8.78 Å². The first-order valence-electron chi connectivity index (χ1n) is 18.0. The second kappa shape index (κ2) is 13.1. The molecule has 55 heavy (non-hydrogen) atoms. The molecule has 0 N–H and O–H groups in total. The highest BCUT2D eigenvalue weighted by Gasteiger charge is 2.39. The zero-order chi connectivity index (χ0) is 38.0. The predicted octanol–water partition coefficient (Wildman–Crippen LogP) is 14.3. The molecule has 0 amide bonds. The van der Waals surface area contributed by atoms with Crippen molar-refractivity contribution < 1.29 is 22.0 Å². The zero-order valence-corrected chi connectivity index (χ0v) is 29.8. The third-order valence-corrected chi connectivity index (χ3v) is 10.9. The summed E-state index contributed by atoms with van der Waals surface area (Å²) < 4.78 is 72.7. The van der Waals surface area contributed by atoms with Crippen LogP contribution in [-0.2, 0) is 5.41 Å². The largest absolute Gasteiger partial charge is 0.310 e. The molecule has 0 saturated heterocycles. The van der Waals surface area contributed by atoms with Crippen LogP contribution in [0.3, 0.4) is 0 Å². The molecule has 8 aromatic carbocycles. The highest BCUT2D eigenvalue weighted by Crippen LogP contribution is 2.55. The monoisotopic (exact) mass is 729 g/mol. The molecule has 0 bridgehead atoms. The van der Waals surface area contributed by atoms with E-state index in [0.717, 1.165) is 39.3 Å². The Bertz CT molecular complexity index is 2760. The number of rotatable bonds is 6. The lowest BCUT2D eigenvalue weighted by Crippen LogP contribution is -2.21. The topological polar surface area (TPSA) is 3.24 Å². The van der Waals surface area contributed by atoms with Crippen LogP contribution in [0.1, 0.15) is 25.0 Å². The SMILES string of the molecule is CC1(C)c2ccccc2-c2cccc(N(c3ccc(-c4ccc(-c5c(F)c(F)c(F)c(F)c5F)c5ccccc45)cc3)c3ccccc3-c3ccccc3)c21. The van der Waals surface area contributed by atoms with Gasteiger partial charge in [0.1, 0.15) is 0 Å². The van der Waals surface area contributed by atoms with Gasteiger partial charge in [-0.15, -0.1) is 0 Å². The van der Waals surface area contributed by atoms with Crippen molar-refractivity contribution in [3.63, 3.8) is 0 Å². The molecule has 0 saturated carbocycles. The lowest BCUT2D eigenvalue weighted by atomic mass is 9.81. The van der Waals surface area contributed by atoms with E-state index in [1.165, 1.54) is 28.3 Å². The van der Waals surface area contributed by atoms with Crippen molar-refractivity contribution in [3.05, 3.63) is 198 Å². The summed E-state index contributed by atoms with van der Waals surface area (Å²) in [4.78, 5) is 2.31. The van der Waals surface area contributed by atoms with Crippen molar-refractivity contribution >= 4 is 27.8 Å². The summed E-state index contributed by atoms with van der Waals surface area (Å²) in [6.45, 7) is 4.54. The summed E-state index contributed by atoms with van der Waals surface area (Å²) in [6, 6.07) is 51.7. The molecule has 1 nitrogen and oxygen atoms in total.